The molecule has 2 aromatic heterocycles. The summed E-state index contributed by atoms with van der Waals surface area (Å²) < 4.78 is 2.35. The van der Waals surface area contributed by atoms with Crippen molar-refractivity contribution in [2.45, 2.75) is 25.7 Å². The fraction of sp³-hybridized carbons (Fsp3) is 0.500. The number of fused-ring (bicyclic) bond motifs is 1. The topological polar surface area (TPSA) is 77.2 Å². The number of carbonyl (C=O) groups excluding carboxylic acids is 1. The van der Waals surface area contributed by atoms with Gasteiger partial charge in [-0.1, -0.05) is 12.8 Å². The summed E-state index contributed by atoms with van der Waals surface area (Å²) in [5, 5.41) is 0.287. The molecule has 1 aliphatic rings. The molecule has 23 heavy (non-hydrogen) atoms. The second-order valence-electron chi connectivity index (χ2n) is 6.01. The maximum Gasteiger partial charge on any atom is 0.332 e. The Hall–Kier alpha value is -2.44. The zero-order chi connectivity index (χ0) is 16.6. The fourth-order valence-corrected chi connectivity index (χ4v) is 3.04. The van der Waals surface area contributed by atoms with E-state index in [9.17, 15) is 14.4 Å². The van der Waals surface area contributed by atoms with E-state index in [4.69, 9.17) is 0 Å². The van der Waals surface area contributed by atoms with E-state index in [0.717, 1.165) is 43.3 Å². The Morgan fingerprint density at radius 3 is 2.35 bits per heavy atom. The predicted molar refractivity (Wildman–Crippen MR) is 86.6 cm³/mol. The predicted octanol–water partition coefficient (Wildman–Crippen LogP) is 0.648. The van der Waals surface area contributed by atoms with Gasteiger partial charge in [-0.05, 0) is 18.9 Å². The van der Waals surface area contributed by atoms with Crippen LogP contribution in [0.5, 0.6) is 0 Å². The minimum absolute atomic E-state index is 0.0998. The molecule has 0 unspecified atom stereocenters. The Balaban J connectivity index is 2.08. The van der Waals surface area contributed by atoms with Crippen LogP contribution in [0.4, 0.5) is 0 Å². The number of nitrogens with zero attached hydrogens (tertiary/aromatic N) is 4. The highest BCUT2D eigenvalue weighted by molar-refractivity contribution is 5.96. The quantitative estimate of drug-likeness (QED) is 0.774. The number of hydrogen-bond donors (Lipinski definition) is 0. The Kier molecular flexibility index (Phi) is 4.02. The molecule has 1 saturated heterocycles. The monoisotopic (exact) mass is 316 g/mol. The van der Waals surface area contributed by atoms with Crippen LogP contribution in [-0.4, -0.2) is 38.0 Å². The van der Waals surface area contributed by atoms with Crippen LogP contribution < -0.4 is 11.2 Å². The van der Waals surface area contributed by atoms with Gasteiger partial charge in [0.15, 0.2) is 0 Å². The molecule has 0 radical (unpaired) electrons. The molecular formula is C16H20N4O3. The molecule has 0 aromatic carbocycles. The zero-order valence-corrected chi connectivity index (χ0v) is 13.4. The standard InChI is InChI=1S/C16H20N4O3/c1-18-13-12(15(22)19(2)16(18)23)9-11(10-17-13)14(21)20-7-5-3-4-6-8-20/h9-10H,3-8H2,1-2H3. The Labute approximate surface area is 133 Å². The summed E-state index contributed by atoms with van der Waals surface area (Å²) in [6.07, 6.45) is 5.74. The van der Waals surface area contributed by atoms with Gasteiger partial charge in [0.1, 0.15) is 5.65 Å². The molecule has 0 aliphatic carbocycles. The molecule has 122 valence electrons. The summed E-state index contributed by atoms with van der Waals surface area (Å²) in [5.74, 6) is -0.0998. The smallest absolute Gasteiger partial charge is 0.332 e. The van der Waals surface area contributed by atoms with Crippen molar-refractivity contribution in [1.82, 2.24) is 19.0 Å². The van der Waals surface area contributed by atoms with Crippen LogP contribution in [0.25, 0.3) is 11.0 Å². The van der Waals surface area contributed by atoms with Gasteiger partial charge in [0, 0.05) is 33.4 Å². The number of hydrogen-bond acceptors (Lipinski definition) is 4. The Bertz CT molecular complexity index is 873. The number of aryl methyl sites for hydroxylation is 1. The van der Waals surface area contributed by atoms with Crippen LogP contribution >= 0.6 is 0 Å². The summed E-state index contributed by atoms with van der Waals surface area (Å²) in [6, 6.07) is 1.55. The second-order valence-corrected chi connectivity index (χ2v) is 6.01. The van der Waals surface area contributed by atoms with Crippen molar-refractivity contribution in [1.29, 1.82) is 0 Å². The first-order valence-corrected chi connectivity index (χ1v) is 7.86. The highest BCUT2D eigenvalue weighted by Gasteiger charge is 2.19. The van der Waals surface area contributed by atoms with E-state index in [1.165, 1.54) is 17.8 Å². The zero-order valence-electron chi connectivity index (χ0n) is 13.4. The molecule has 7 heteroatoms. The van der Waals surface area contributed by atoms with Crippen molar-refractivity contribution in [2.24, 2.45) is 14.1 Å². The van der Waals surface area contributed by atoms with E-state index in [1.807, 2.05) is 4.90 Å². The van der Waals surface area contributed by atoms with E-state index in [1.54, 1.807) is 13.1 Å². The lowest BCUT2D eigenvalue weighted by atomic mass is 10.2. The molecule has 1 fully saturated rings. The van der Waals surface area contributed by atoms with Crippen molar-refractivity contribution in [3.05, 3.63) is 38.7 Å². The maximum absolute atomic E-state index is 12.7. The molecule has 2 aromatic rings. The van der Waals surface area contributed by atoms with Crippen LogP contribution in [-0.2, 0) is 14.1 Å². The Morgan fingerprint density at radius 1 is 1.04 bits per heavy atom. The number of rotatable bonds is 1. The molecule has 1 aliphatic heterocycles. The van der Waals surface area contributed by atoms with E-state index in [-0.39, 0.29) is 11.3 Å². The van der Waals surface area contributed by atoms with Gasteiger partial charge in [0.25, 0.3) is 11.5 Å². The SMILES string of the molecule is Cn1c(=O)c2cc(C(=O)N3CCCCCC3)cnc2n(C)c1=O. The molecule has 3 heterocycles. The van der Waals surface area contributed by atoms with Crippen LogP contribution in [0, 0.1) is 0 Å². The van der Waals surface area contributed by atoms with Gasteiger partial charge >= 0.3 is 5.69 Å². The summed E-state index contributed by atoms with van der Waals surface area (Å²) >= 11 is 0. The lowest BCUT2D eigenvalue weighted by molar-refractivity contribution is 0.0761. The second kappa shape index (κ2) is 5.98. The van der Waals surface area contributed by atoms with Crippen molar-refractivity contribution >= 4 is 16.9 Å². The van der Waals surface area contributed by atoms with E-state index in [2.05, 4.69) is 4.98 Å². The molecule has 7 nitrogen and oxygen atoms in total. The molecule has 1 amide bonds. The average molecular weight is 316 g/mol. The highest BCUT2D eigenvalue weighted by atomic mass is 16.2. The van der Waals surface area contributed by atoms with Gasteiger partial charge in [0.2, 0.25) is 0 Å². The van der Waals surface area contributed by atoms with Crippen LogP contribution in [0.3, 0.4) is 0 Å². The summed E-state index contributed by atoms with van der Waals surface area (Å²) in [6.45, 7) is 1.48. The van der Waals surface area contributed by atoms with E-state index in [0.29, 0.717) is 11.2 Å². The van der Waals surface area contributed by atoms with Crippen molar-refractivity contribution < 1.29 is 4.79 Å². The third-order valence-electron chi connectivity index (χ3n) is 4.43. The first-order valence-electron chi connectivity index (χ1n) is 7.86. The lowest BCUT2D eigenvalue weighted by Gasteiger charge is -2.20. The maximum atomic E-state index is 12.7. The van der Waals surface area contributed by atoms with Crippen LogP contribution in [0.1, 0.15) is 36.0 Å². The van der Waals surface area contributed by atoms with Gasteiger partial charge in [-0.3, -0.25) is 18.7 Å². The molecule has 0 N–H and O–H groups in total. The van der Waals surface area contributed by atoms with Crippen LogP contribution in [0.2, 0.25) is 0 Å². The van der Waals surface area contributed by atoms with Gasteiger partial charge in [-0.25, -0.2) is 9.78 Å². The van der Waals surface area contributed by atoms with Gasteiger partial charge in [-0.2, -0.15) is 0 Å². The first-order chi connectivity index (χ1) is 11.0. The normalized spacial score (nSPS) is 15.7. The van der Waals surface area contributed by atoms with Crippen molar-refractivity contribution in [3.8, 4) is 0 Å². The van der Waals surface area contributed by atoms with Crippen molar-refractivity contribution in [3.63, 3.8) is 0 Å². The number of aromatic nitrogens is 3. The molecule has 0 bridgehead atoms. The van der Waals surface area contributed by atoms with Gasteiger partial charge in [0.05, 0.1) is 10.9 Å². The minimum Gasteiger partial charge on any atom is -0.339 e. The summed E-state index contributed by atoms with van der Waals surface area (Å²) in [7, 11) is 2.99. The molecular weight excluding hydrogens is 296 g/mol. The minimum atomic E-state index is -0.430. The molecule has 0 atom stereocenters. The lowest BCUT2D eigenvalue weighted by Crippen LogP contribution is -2.37. The largest absolute Gasteiger partial charge is 0.339 e. The van der Waals surface area contributed by atoms with Crippen molar-refractivity contribution in [2.75, 3.05) is 13.1 Å². The first kappa shape index (κ1) is 15.5. The van der Waals surface area contributed by atoms with E-state index < -0.39 is 11.2 Å². The molecule has 0 saturated carbocycles. The van der Waals surface area contributed by atoms with Gasteiger partial charge < -0.3 is 4.90 Å². The third kappa shape index (κ3) is 2.67. The molecule has 0 spiro atoms. The Morgan fingerprint density at radius 2 is 1.70 bits per heavy atom. The fourth-order valence-electron chi connectivity index (χ4n) is 3.04. The summed E-state index contributed by atoms with van der Waals surface area (Å²) in [4.78, 5) is 42.9. The molecule has 3 rings (SSSR count). The number of likely N-dealkylation sites (tertiary alicyclic amines) is 1. The third-order valence-corrected chi connectivity index (χ3v) is 4.43. The average Bonchev–Trinajstić information content (AvgIpc) is 2.86. The van der Waals surface area contributed by atoms with E-state index >= 15 is 0 Å². The van der Waals surface area contributed by atoms with Crippen LogP contribution in [0.15, 0.2) is 21.9 Å². The summed E-state index contributed by atoms with van der Waals surface area (Å²) in [5.41, 5.74) is -0.164. The highest BCUT2D eigenvalue weighted by Crippen LogP contribution is 2.14. The number of carbonyl (C=O) groups is 1. The number of amides is 1. The van der Waals surface area contributed by atoms with Gasteiger partial charge in [-0.15, -0.1) is 0 Å². The number of pyridine rings is 1.